The summed E-state index contributed by atoms with van der Waals surface area (Å²) >= 11 is 0. The van der Waals surface area contributed by atoms with Crippen LogP contribution >= 0.6 is 0 Å². The highest BCUT2D eigenvalue weighted by molar-refractivity contribution is 6.03. The van der Waals surface area contributed by atoms with E-state index in [4.69, 9.17) is 5.11 Å². The minimum absolute atomic E-state index is 0.306. The van der Waals surface area contributed by atoms with Gasteiger partial charge in [-0.1, -0.05) is 0 Å². The Balaban J connectivity index is 2.02. The number of hydrogen-bond donors (Lipinski definition) is 3. The van der Waals surface area contributed by atoms with Crippen LogP contribution in [0.25, 0.3) is 0 Å². The Morgan fingerprint density at radius 1 is 1.17 bits per heavy atom. The van der Waals surface area contributed by atoms with Crippen molar-refractivity contribution in [3.05, 3.63) is 47.3 Å². The highest BCUT2D eigenvalue weighted by Crippen LogP contribution is 2.12. The zero-order chi connectivity index (χ0) is 17.0. The normalized spacial score (nSPS) is 10.2. The number of carbonyl (C=O) groups excluding carboxylic acids is 2. The van der Waals surface area contributed by atoms with E-state index in [1.54, 1.807) is 32.2 Å². The van der Waals surface area contributed by atoms with Gasteiger partial charge in [0.15, 0.2) is 0 Å². The summed E-state index contributed by atoms with van der Waals surface area (Å²) in [6, 6.07) is 7.80. The zero-order valence-corrected chi connectivity index (χ0v) is 12.7. The molecule has 1 aromatic heterocycles. The minimum atomic E-state index is -1.12. The van der Waals surface area contributed by atoms with Gasteiger partial charge in [0.25, 0.3) is 11.8 Å². The molecule has 0 fully saturated rings. The predicted octanol–water partition coefficient (Wildman–Crippen LogP) is 0.795. The van der Waals surface area contributed by atoms with Crippen molar-refractivity contribution in [1.29, 1.82) is 0 Å². The Morgan fingerprint density at radius 2 is 1.83 bits per heavy atom. The summed E-state index contributed by atoms with van der Waals surface area (Å²) in [6.07, 6.45) is 0. The van der Waals surface area contributed by atoms with E-state index < -0.39 is 18.4 Å². The molecule has 0 atom stereocenters. The Labute approximate surface area is 132 Å². The van der Waals surface area contributed by atoms with Crippen molar-refractivity contribution in [3.8, 4) is 0 Å². The summed E-state index contributed by atoms with van der Waals surface area (Å²) in [6.45, 7) is 1.35. The van der Waals surface area contributed by atoms with Crippen LogP contribution in [0.1, 0.15) is 26.5 Å². The van der Waals surface area contributed by atoms with Crippen LogP contribution in [0.3, 0.4) is 0 Å². The molecule has 2 amide bonds. The third kappa shape index (κ3) is 4.16. The Kier molecular flexibility index (Phi) is 4.75. The number of nitrogens with one attached hydrogen (secondary N) is 2. The van der Waals surface area contributed by atoms with Crippen LogP contribution in [0.15, 0.2) is 30.3 Å². The van der Waals surface area contributed by atoms with Gasteiger partial charge in [-0.05, 0) is 37.3 Å². The quantitative estimate of drug-likeness (QED) is 0.755. The van der Waals surface area contributed by atoms with Gasteiger partial charge in [0.05, 0.1) is 5.69 Å². The second-order valence-corrected chi connectivity index (χ2v) is 4.90. The molecule has 0 bridgehead atoms. The van der Waals surface area contributed by atoms with E-state index in [0.29, 0.717) is 16.9 Å². The number of carboxylic acid groups (broad SMARTS) is 1. The van der Waals surface area contributed by atoms with Crippen molar-refractivity contribution in [2.24, 2.45) is 7.05 Å². The van der Waals surface area contributed by atoms with Crippen LogP contribution < -0.4 is 10.6 Å². The first-order chi connectivity index (χ1) is 10.9. The smallest absolute Gasteiger partial charge is 0.322 e. The van der Waals surface area contributed by atoms with Gasteiger partial charge in [-0.25, -0.2) is 0 Å². The Hall–Kier alpha value is -3.16. The lowest BCUT2D eigenvalue weighted by Gasteiger charge is -2.07. The van der Waals surface area contributed by atoms with Crippen molar-refractivity contribution in [3.63, 3.8) is 0 Å². The summed E-state index contributed by atoms with van der Waals surface area (Å²) < 4.78 is 1.48. The fourth-order valence-corrected chi connectivity index (χ4v) is 1.98. The minimum Gasteiger partial charge on any atom is -0.480 e. The summed E-state index contributed by atoms with van der Waals surface area (Å²) in [5.41, 5.74) is 1.98. The Morgan fingerprint density at radius 3 is 2.35 bits per heavy atom. The number of aryl methyl sites for hydroxylation is 2. The number of amides is 2. The number of carbonyl (C=O) groups is 3. The van der Waals surface area contributed by atoms with E-state index in [0.717, 1.165) is 5.69 Å². The second-order valence-electron chi connectivity index (χ2n) is 4.90. The zero-order valence-electron chi connectivity index (χ0n) is 12.7. The molecule has 0 radical (unpaired) electrons. The van der Waals surface area contributed by atoms with Crippen molar-refractivity contribution in [2.75, 3.05) is 11.9 Å². The van der Waals surface area contributed by atoms with E-state index in [9.17, 15) is 14.4 Å². The van der Waals surface area contributed by atoms with Crippen molar-refractivity contribution in [2.45, 2.75) is 6.92 Å². The van der Waals surface area contributed by atoms with Crippen LogP contribution in [-0.2, 0) is 11.8 Å². The molecule has 1 aromatic carbocycles. The molecule has 0 aliphatic rings. The molecule has 2 aromatic rings. The average molecular weight is 316 g/mol. The lowest BCUT2D eigenvalue weighted by Crippen LogP contribution is -2.29. The number of rotatable bonds is 5. The van der Waals surface area contributed by atoms with Crippen molar-refractivity contribution in [1.82, 2.24) is 15.1 Å². The maximum absolute atomic E-state index is 12.1. The highest BCUT2D eigenvalue weighted by atomic mass is 16.4. The van der Waals surface area contributed by atoms with Crippen LogP contribution in [0, 0.1) is 6.92 Å². The van der Waals surface area contributed by atoms with Gasteiger partial charge in [-0.2, -0.15) is 5.10 Å². The number of hydrogen-bond acceptors (Lipinski definition) is 4. The molecule has 0 spiro atoms. The molecule has 0 aliphatic carbocycles. The van der Waals surface area contributed by atoms with Gasteiger partial charge in [-0.15, -0.1) is 0 Å². The molecular formula is C15H16N4O4. The summed E-state index contributed by atoms with van der Waals surface area (Å²) in [4.78, 5) is 34.2. The SMILES string of the molecule is Cc1cc(C(=O)Nc2ccc(C(=O)NCC(=O)O)cc2)n(C)n1. The number of aromatic nitrogens is 2. The summed E-state index contributed by atoms with van der Waals surface area (Å²) in [5, 5.41) is 17.6. The van der Waals surface area contributed by atoms with Gasteiger partial charge in [0.2, 0.25) is 0 Å². The molecule has 23 heavy (non-hydrogen) atoms. The molecular weight excluding hydrogens is 300 g/mol. The van der Waals surface area contributed by atoms with Gasteiger partial charge >= 0.3 is 5.97 Å². The molecule has 3 N–H and O–H groups in total. The molecule has 0 aliphatic heterocycles. The van der Waals surface area contributed by atoms with Crippen molar-refractivity contribution < 1.29 is 19.5 Å². The van der Waals surface area contributed by atoms with Gasteiger partial charge in [0.1, 0.15) is 12.2 Å². The lowest BCUT2D eigenvalue weighted by molar-refractivity contribution is -0.135. The van der Waals surface area contributed by atoms with E-state index in [1.165, 1.54) is 16.8 Å². The fraction of sp³-hybridized carbons (Fsp3) is 0.200. The largest absolute Gasteiger partial charge is 0.480 e. The third-order valence-electron chi connectivity index (χ3n) is 3.04. The van der Waals surface area contributed by atoms with Gasteiger partial charge in [0, 0.05) is 18.3 Å². The first-order valence-corrected chi connectivity index (χ1v) is 6.79. The van der Waals surface area contributed by atoms with Crippen molar-refractivity contribution >= 4 is 23.5 Å². The number of aliphatic carboxylic acids is 1. The summed E-state index contributed by atoms with van der Waals surface area (Å²) in [7, 11) is 1.68. The fourth-order valence-electron chi connectivity index (χ4n) is 1.98. The highest BCUT2D eigenvalue weighted by Gasteiger charge is 2.12. The Bertz CT molecular complexity index is 749. The molecule has 0 saturated heterocycles. The number of anilines is 1. The molecule has 120 valence electrons. The van der Waals surface area contributed by atoms with E-state index in [2.05, 4.69) is 15.7 Å². The number of benzene rings is 1. The number of nitrogens with zero attached hydrogens (tertiary/aromatic N) is 2. The van der Waals surface area contributed by atoms with Crippen LogP contribution in [0.2, 0.25) is 0 Å². The maximum Gasteiger partial charge on any atom is 0.322 e. The molecule has 8 heteroatoms. The standard InChI is InChI=1S/C15H16N4O4/c1-9-7-12(19(2)18-9)15(23)17-11-5-3-10(4-6-11)14(22)16-8-13(20)21/h3-7H,8H2,1-2H3,(H,16,22)(H,17,23)(H,20,21). The van der Waals surface area contributed by atoms with E-state index in [1.807, 2.05) is 0 Å². The molecule has 2 rings (SSSR count). The third-order valence-corrected chi connectivity index (χ3v) is 3.04. The molecule has 1 heterocycles. The first kappa shape index (κ1) is 16.2. The van der Waals surface area contributed by atoms with Gasteiger partial charge in [-0.3, -0.25) is 19.1 Å². The van der Waals surface area contributed by atoms with E-state index >= 15 is 0 Å². The monoisotopic (exact) mass is 316 g/mol. The first-order valence-electron chi connectivity index (χ1n) is 6.79. The molecule has 8 nitrogen and oxygen atoms in total. The molecule has 0 unspecified atom stereocenters. The lowest BCUT2D eigenvalue weighted by atomic mass is 10.2. The van der Waals surface area contributed by atoms with Crippen LogP contribution in [0.5, 0.6) is 0 Å². The summed E-state index contributed by atoms with van der Waals surface area (Å²) in [5.74, 6) is -1.92. The predicted molar refractivity (Wildman–Crippen MR) is 82.3 cm³/mol. The molecule has 0 saturated carbocycles. The van der Waals surface area contributed by atoms with Crippen LogP contribution in [-0.4, -0.2) is 39.2 Å². The van der Waals surface area contributed by atoms with E-state index in [-0.39, 0.29) is 5.91 Å². The maximum atomic E-state index is 12.1. The topological polar surface area (TPSA) is 113 Å². The van der Waals surface area contributed by atoms with Crippen LogP contribution in [0.4, 0.5) is 5.69 Å². The second kappa shape index (κ2) is 6.73. The number of carboxylic acids is 1. The average Bonchev–Trinajstić information content (AvgIpc) is 2.84. The van der Waals surface area contributed by atoms with Gasteiger partial charge < -0.3 is 15.7 Å².